The summed E-state index contributed by atoms with van der Waals surface area (Å²) >= 11 is 0. The summed E-state index contributed by atoms with van der Waals surface area (Å²) in [5, 5.41) is 24.2. The summed E-state index contributed by atoms with van der Waals surface area (Å²) in [5.74, 6) is -0.610. The number of amides is 1. The van der Waals surface area contributed by atoms with E-state index in [1.165, 1.54) is 18.2 Å². The maximum Gasteiger partial charge on any atom is 0.271 e. The first-order valence-electron chi connectivity index (χ1n) is 8.01. The van der Waals surface area contributed by atoms with Crippen LogP contribution in [-0.4, -0.2) is 22.2 Å². The molecule has 3 aromatic rings. The van der Waals surface area contributed by atoms with E-state index in [4.69, 9.17) is 0 Å². The van der Waals surface area contributed by atoms with E-state index in [9.17, 15) is 20.0 Å². The number of non-ortho nitro benzene ring substituents is 1. The maximum absolute atomic E-state index is 12.1. The molecule has 0 saturated carbocycles. The lowest BCUT2D eigenvalue weighted by Crippen LogP contribution is -2.17. The fourth-order valence-electron chi connectivity index (χ4n) is 2.43. The van der Waals surface area contributed by atoms with Crippen LogP contribution in [0.25, 0.3) is 11.1 Å². The van der Waals surface area contributed by atoms with Gasteiger partial charge in [-0.1, -0.05) is 42.5 Å². The monoisotopic (exact) mass is 361 g/mol. The number of nitrogens with one attached hydrogen (secondary N) is 1. The van der Waals surface area contributed by atoms with Crippen LogP contribution in [0.5, 0.6) is 5.75 Å². The normalized spacial score (nSPS) is 10.7. The number of phenolic OH excluding ortho intramolecular Hbond substituents is 1. The molecule has 0 atom stereocenters. The third-order valence-electron chi connectivity index (χ3n) is 3.85. The summed E-state index contributed by atoms with van der Waals surface area (Å²) in [6.45, 7) is 0. The molecule has 27 heavy (non-hydrogen) atoms. The van der Waals surface area contributed by atoms with Crippen molar-refractivity contribution in [3.05, 3.63) is 94.0 Å². The molecule has 0 bridgehead atoms. The van der Waals surface area contributed by atoms with Gasteiger partial charge < -0.3 is 5.11 Å². The van der Waals surface area contributed by atoms with Crippen molar-refractivity contribution in [2.24, 2.45) is 5.10 Å². The summed E-state index contributed by atoms with van der Waals surface area (Å²) in [7, 11) is 0. The van der Waals surface area contributed by atoms with Gasteiger partial charge in [0, 0.05) is 23.3 Å². The molecule has 0 aliphatic carbocycles. The van der Waals surface area contributed by atoms with E-state index >= 15 is 0 Å². The number of carbonyl (C=O) groups excluding carboxylic acids is 1. The van der Waals surface area contributed by atoms with E-state index in [0.29, 0.717) is 5.56 Å². The van der Waals surface area contributed by atoms with Crippen molar-refractivity contribution < 1.29 is 14.8 Å². The highest BCUT2D eigenvalue weighted by molar-refractivity contribution is 5.95. The molecule has 3 aromatic carbocycles. The van der Waals surface area contributed by atoms with Crippen LogP contribution in [0.1, 0.15) is 15.9 Å². The number of benzene rings is 3. The van der Waals surface area contributed by atoms with Gasteiger partial charge in [0.2, 0.25) is 0 Å². The second-order valence-corrected chi connectivity index (χ2v) is 5.64. The second-order valence-electron chi connectivity index (χ2n) is 5.64. The van der Waals surface area contributed by atoms with Gasteiger partial charge in [-0.2, -0.15) is 5.10 Å². The molecule has 134 valence electrons. The predicted molar refractivity (Wildman–Crippen MR) is 102 cm³/mol. The molecule has 1 amide bonds. The Kier molecular flexibility index (Phi) is 5.22. The van der Waals surface area contributed by atoms with Crippen molar-refractivity contribution in [1.82, 2.24) is 5.43 Å². The smallest absolute Gasteiger partial charge is 0.271 e. The lowest BCUT2D eigenvalue weighted by Gasteiger charge is -2.04. The van der Waals surface area contributed by atoms with Crippen LogP contribution in [0.3, 0.4) is 0 Å². The zero-order chi connectivity index (χ0) is 19.2. The molecule has 0 aromatic heterocycles. The Morgan fingerprint density at radius 3 is 2.33 bits per heavy atom. The molecule has 0 aliphatic rings. The topological polar surface area (TPSA) is 105 Å². The van der Waals surface area contributed by atoms with Crippen LogP contribution in [-0.2, 0) is 0 Å². The number of hydrogen-bond acceptors (Lipinski definition) is 5. The first-order chi connectivity index (χ1) is 13.0. The van der Waals surface area contributed by atoms with Crippen molar-refractivity contribution in [1.29, 1.82) is 0 Å². The first kappa shape index (κ1) is 17.8. The Morgan fingerprint density at radius 2 is 1.67 bits per heavy atom. The summed E-state index contributed by atoms with van der Waals surface area (Å²) < 4.78 is 0. The standard InChI is InChI=1S/C20H15N3O4/c24-19-11-10-18(23(26)27)12-17(19)13-21-22-20(25)16-8-6-15(7-9-16)14-4-2-1-3-5-14/h1-13,24H,(H,22,25). The number of aromatic hydroxyl groups is 1. The van der Waals surface area contributed by atoms with Crippen molar-refractivity contribution in [2.75, 3.05) is 0 Å². The fraction of sp³-hybridized carbons (Fsp3) is 0. The van der Waals surface area contributed by atoms with Gasteiger partial charge in [-0.05, 0) is 29.3 Å². The van der Waals surface area contributed by atoms with Crippen molar-refractivity contribution in [3.63, 3.8) is 0 Å². The largest absolute Gasteiger partial charge is 0.507 e. The Bertz CT molecular complexity index is 999. The Morgan fingerprint density at radius 1 is 1.00 bits per heavy atom. The second kappa shape index (κ2) is 7.92. The molecule has 7 nitrogen and oxygen atoms in total. The first-order valence-corrected chi connectivity index (χ1v) is 8.01. The van der Waals surface area contributed by atoms with E-state index in [1.54, 1.807) is 12.1 Å². The maximum atomic E-state index is 12.1. The lowest BCUT2D eigenvalue weighted by atomic mass is 10.0. The van der Waals surface area contributed by atoms with Gasteiger partial charge in [0.1, 0.15) is 5.75 Å². The molecule has 3 rings (SSSR count). The quantitative estimate of drug-likeness (QED) is 0.410. The van der Waals surface area contributed by atoms with Crippen LogP contribution in [0.4, 0.5) is 5.69 Å². The molecular weight excluding hydrogens is 346 g/mol. The number of nitro groups is 1. The minimum atomic E-state index is -0.580. The molecule has 0 heterocycles. The molecule has 7 heteroatoms. The predicted octanol–water partition coefficient (Wildman–Crippen LogP) is 3.73. The van der Waals surface area contributed by atoms with Crippen LogP contribution in [0, 0.1) is 10.1 Å². The number of phenols is 1. The SMILES string of the molecule is O=C(NN=Cc1cc([N+](=O)[O-])ccc1O)c1ccc(-c2ccccc2)cc1. The Balaban J connectivity index is 1.68. The van der Waals surface area contributed by atoms with Gasteiger partial charge in [-0.25, -0.2) is 5.43 Å². The molecule has 0 aliphatic heterocycles. The zero-order valence-corrected chi connectivity index (χ0v) is 14.1. The number of nitro benzene ring substituents is 1. The third kappa shape index (κ3) is 4.35. The highest BCUT2D eigenvalue weighted by Gasteiger charge is 2.09. The molecule has 0 fully saturated rings. The van der Waals surface area contributed by atoms with Gasteiger partial charge >= 0.3 is 0 Å². The van der Waals surface area contributed by atoms with Crippen molar-refractivity contribution >= 4 is 17.8 Å². The van der Waals surface area contributed by atoms with Crippen molar-refractivity contribution in [2.45, 2.75) is 0 Å². The van der Waals surface area contributed by atoms with Crippen molar-refractivity contribution in [3.8, 4) is 16.9 Å². The van der Waals surface area contributed by atoms with Crippen LogP contribution in [0.2, 0.25) is 0 Å². The Labute approximate surface area is 154 Å². The lowest BCUT2D eigenvalue weighted by molar-refractivity contribution is -0.384. The summed E-state index contributed by atoms with van der Waals surface area (Å²) in [5.41, 5.74) is 4.72. The summed E-state index contributed by atoms with van der Waals surface area (Å²) in [6, 6.07) is 20.3. The third-order valence-corrected chi connectivity index (χ3v) is 3.85. The van der Waals surface area contributed by atoms with E-state index in [1.807, 2.05) is 42.5 Å². The van der Waals surface area contributed by atoms with Gasteiger partial charge in [0.25, 0.3) is 11.6 Å². The highest BCUT2D eigenvalue weighted by atomic mass is 16.6. The summed E-state index contributed by atoms with van der Waals surface area (Å²) in [6.07, 6.45) is 1.15. The molecule has 2 N–H and O–H groups in total. The highest BCUT2D eigenvalue weighted by Crippen LogP contribution is 2.21. The van der Waals surface area contributed by atoms with Gasteiger partial charge in [0.15, 0.2) is 0 Å². The number of nitrogens with zero attached hydrogens (tertiary/aromatic N) is 2. The number of rotatable bonds is 5. The van der Waals surface area contributed by atoms with Crippen LogP contribution in [0.15, 0.2) is 77.9 Å². The molecule has 0 radical (unpaired) electrons. The molecule has 0 saturated heterocycles. The minimum Gasteiger partial charge on any atom is -0.507 e. The van der Waals surface area contributed by atoms with Crippen LogP contribution < -0.4 is 5.43 Å². The minimum absolute atomic E-state index is 0.129. The fourth-order valence-corrected chi connectivity index (χ4v) is 2.43. The van der Waals surface area contributed by atoms with Gasteiger partial charge in [0.05, 0.1) is 11.1 Å². The number of hydrogen-bond donors (Lipinski definition) is 2. The van der Waals surface area contributed by atoms with E-state index in [2.05, 4.69) is 10.5 Å². The van der Waals surface area contributed by atoms with E-state index in [-0.39, 0.29) is 17.0 Å². The average molecular weight is 361 g/mol. The molecular formula is C20H15N3O4. The number of hydrazone groups is 1. The Hall–Kier alpha value is -4.00. The molecule has 0 unspecified atom stereocenters. The summed E-state index contributed by atoms with van der Waals surface area (Å²) in [4.78, 5) is 22.3. The average Bonchev–Trinajstić information content (AvgIpc) is 2.70. The van der Waals surface area contributed by atoms with Crippen LogP contribution >= 0.6 is 0 Å². The van der Waals surface area contributed by atoms with E-state index < -0.39 is 10.8 Å². The number of carbonyl (C=O) groups is 1. The van der Waals surface area contributed by atoms with Gasteiger partial charge in [-0.15, -0.1) is 0 Å². The molecule has 0 spiro atoms. The van der Waals surface area contributed by atoms with Gasteiger partial charge in [-0.3, -0.25) is 14.9 Å². The zero-order valence-electron chi connectivity index (χ0n) is 14.1. The van der Waals surface area contributed by atoms with E-state index in [0.717, 1.165) is 17.3 Å².